The highest BCUT2D eigenvalue weighted by Gasteiger charge is 2.31. The number of hydrogen-bond acceptors (Lipinski definition) is 6. The predicted molar refractivity (Wildman–Crippen MR) is 107 cm³/mol. The number of carbonyl (C=O) groups excluding carboxylic acids is 1. The Kier molecular flexibility index (Phi) is 5.53. The molecule has 154 valence electrons. The molecule has 1 fully saturated rings. The number of nitrogens with zero attached hydrogens (tertiary/aromatic N) is 3. The molecule has 0 N–H and O–H groups in total. The van der Waals surface area contributed by atoms with Crippen molar-refractivity contribution in [3.05, 3.63) is 47.7 Å². The van der Waals surface area contributed by atoms with Gasteiger partial charge in [-0.1, -0.05) is 0 Å². The van der Waals surface area contributed by atoms with Gasteiger partial charge in [0.1, 0.15) is 5.56 Å². The van der Waals surface area contributed by atoms with Gasteiger partial charge in [0.2, 0.25) is 15.9 Å². The van der Waals surface area contributed by atoms with Crippen LogP contribution in [0.5, 0.6) is 5.88 Å². The average Bonchev–Trinajstić information content (AvgIpc) is 3.18. The van der Waals surface area contributed by atoms with Gasteiger partial charge in [0, 0.05) is 31.5 Å². The molecule has 3 heterocycles. The lowest BCUT2D eigenvalue weighted by atomic mass is 10.1. The van der Waals surface area contributed by atoms with Gasteiger partial charge in [-0.15, -0.1) is 0 Å². The van der Waals surface area contributed by atoms with Crippen LogP contribution in [0.25, 0.3) is 0 Å². The summed E-state index contributed by atoms with van der Waals surface area (Å²) in [5, 5.41) is 0. The second-order valence-corrected chi connectivity index (χ2v) is 8.74. The number of rotatable bonds is 5. The maximum Gasteiger partial charge on any atom is 0.263 e. The normalized spacial score (nSPS) is 17.2. The Morgan fingerprint density at radius 2 is 2.00 bits per heavy atom. The quantitative estimate of drug-likeness (QED) is 0.736. The number of fused-ring (bicyclic) bond motifs is 1. The number of hydrogen-bond donors (Lipinski definition) is 0. The number of amides is 1. The molecular weight excluding hydrogens is 394 g/mol. The molecule has 2 aromatic rings. The van der Waals surface area contributed by atoms with E-state index in [0.29, 0.717) is 57.3 Å². The molecule has 0 aliphatic carbocycles. The van der Waals surface area contributed by atoms with Crippen LogP contribution < -0.4 is 9.64 Å². The minimum Gasteiger partial charge on any atom is -0.477 e. The Hall–Kier alpha value is -2.49. The van der Waals surface area contributed by atoms with Crippen LogP contribution in [-0.4, -0.2) is 63.1 Å². The summed E-state index contributed by atoms with van der Waals surface area (Å²) in [4.78, 5) is 19.2. The van der Waals surface area contributed by atoms with Crippen LogP contribution >= 0.6 is 0 Å². The molecule has 4 rings (SSSR count). The SMILES string of the molecule is CCOc1ncccc1C(=O)N1CCc2cc(S(=O)(=O)N3CCOCC3)ccc21. The molecular formula is C20H23N3O5S. The molecule has 0 radical (unpaired) electrons. The minimum absolute atomic E-state index is 0.205. The highest BCUT2D eigenvalue weighted by atomic mass is 32.2. The van der Waals surface area contributed by atoms with Crippen molar-refractivity contribution >= 4 is 21.6 Å². The van der Waals surface area contributed by atoms with E-state index < -0.39 is 10.0 Å². The molecule has 1 aromatic heterocycles. The molecule has 0 unspecified atom stereocenters. The predicted octanol–water partition coefficient (Wildman–Crippen LogP) is 1.70. The number of morpholine rings is 1. The second-order valence-electron chi connectivity index (χ2n) is 6.80. The summed E-state index contributed by atoms with van der Waals surface area (Å²) >= 11 is 0. The molecule has 2 aliphatic rings. The fraction of sp³-hybridized carbons (Fsp3) is 0.400. The monoisotopic (exact) mass is 417 g/mol. The first-order valence-corrected chi connectivity index (χ1v) is 11.1. The molecule has 29 heavy (non-hydrogen) atoms. The van der Waals surface area contributed by atoms with E-state index in [-0.39, 0.29) is 10.8 Å². The molecule has 2 aliphatic heterocycles. The van der Waals surface area contributed by atoms with E-state index in [1.165, 1.54) is 4.31 Å². The largest absolute Gasteiger partial charge is 0.477 e. The third kappa shape index (κ3) is 3.73. The van der Waals surface area contributed by atoms with Gasteiger partial charge in [0.05, 0.1) is 24.7 Å². The van der Waals surface area contributed by atoms with Gasteiger partial charge in [0.25, 0.3) is 5.91 Å². The lowest BCUT2D eigenvalue weighted by Crippen LogP contribution is -2.40. The van der Waals surface area contributed by atoms with E-state index in [0.717, 1.165) is 11.3 Å². The van der Waals surface area contributed by atoms with Crippen molar-refractivity contribution in [1.29, 1.82) is 0 Å². The zero-order valence-electron chi connectivity index (χ0n) is 16.2. The van der Waals surface area contributed by atoms with Crippen molar-refractivity contribution in [3.8, 4) is 5.88 Å². The van der Waals surface area contributed by atoms with Gasteiger partial charge >= 0.3 is 0 Å². The average molecular weight is 417 g/mol. The van der Waals surface area contributed by atoms with Gasteiger partial charge in [0.15, 0.2) is 0 Å². The Balaban J connectivity index is 1.61. The molecule has 1 aromatic carbocycles. The summed E-state index contributed by atoms with van der Waals surface area (Å²) in [6.07, 6.45) is 2.18. The number of pyridine rings is 1. The molecule has 1 amide bonds. The van der Waals surface area contributed by atoms with Crippen LogP contribution in [0.4, 0.5) is 5.69 Å². The molecule has 9 heteroatoms. The maximum atomic E-state index is 13.1. The van der Waals surface area contributed by atoms with Crippen molar-refractivity contribution in [1.82, 2.24) is 9.29 Å². The van der Waals surface area contributed by atoms with Crippen molar-refractivity contribution in [2.45, 2.75) is 18.2 Å². The van der Waals surface area contributed by atoms with E-state index in [4.69, 9.17) is 9.47 Å². The van der Waals surface area contributed by atoms with Crippen LogP contribution in [0.1, 0.15) is 22.8 Å². The highest BCUT2D eigenvalue weighted by molar-refractivity contribution is 7.89. The topological polar surface area (TPSA) is 89.0 Å². The summed E-state index contributed by atoms with van der Waals surface area (Å²) in [5.74, 6) is 0.101. The van der Waals surface area contributed by atoms with Crippen molar-refractivity contribution < 1.29 is 22.7 Å². The number of sulfonamides is 1. The molecule has 1 saturated heterocycles. The lowest BCUT2D eigenvalue weighted by molar-refractivity contribution is 0.0730. The van der Waals surface area contributed by atoms with Gasteiger partial charge in [-0.3, -0.25) is 4.79 Å². The van der Waals surface area contributed by atoms with E-state index in [9.17, 15) is 13.2 Å². The van der Waals surface area contributed by atoms with Crippen molar-refractivity contribution in [2.24, 2.45) is 0 Å². The maximum absolute atomic E-state index is 13.1. The first kappa shape index (κ1) is 19.8. The molecule has 0 saturated carbocycles. The number of carbonyl (C=O) groups is 1. The van der Waals surface area contributed by atoms with Crippen molar-refractivity contribution in [3.63, 3.8) is 0 Å². The van der Waals surface area contributed by atoms with Crippen LogP contribution in [-0.2, 0) is 21.2 Å². The van der Waals surface area contributed by atoms with Crippen molar-refractivity contribution in [2.75, 3.05) is 44.4 Å². The first-order valence-electron chi connectivity index (χ1n) is 9.63. The van der Waals surface area contributed by atoms with E-state index >= 15 is 0 Å². The fourth-order valence-corrected chi connectivity index (χ4v) is 5.10. The standard InChI is InChI=1S/C20H23N3O5S/c1-2-28-19-17(4-3-8-21-19)20(24)23-9-7-15-14-16(5-6-18(15)23)29(25,26)22-10-12-27-13-11-22/h3-6,8,14H,2,7,9-13H2,1H3. The van der Waals surface area contributed by atoms with Gasteiger partial charge in [-0.25, -0.2) is 13.4 Å². The van der Waals surface area contributed by atoms with E-state index in [1.807, 2.05) is 6.92 Å². The molecule has 8 nitrogen and oxygen atoms in total. The zero-order valence-corrected chi connectivity index (χ0v) is 17.0. The van der Waals surface area contributed by atoms with E-state index in [1.54, 1.807) is 41.4 Å². The van der Waals surface area contributed by atoms with Gasteiger partial charge in [-0.05, 0) is 49.2 Å². The molecule has 0 atom stereocenters. The summed E-state index contributed by atoms with van der Waals surface area (Å²) in [5.41, 5.74) is 1.96. The minimum atomic E-state index is -3.57. The number of aromatic nitrogens is 1. The van der Waals surface area contributed by atoms with Crippen LogP contribution in [0.2, 0.25) is 0 Å². The number of ether oxygens (including phenoxy) is 2. The fourth-order valence-electron chi connectivity index (χ4n) is 3.64. The Bertz CT molecular complexity index is 1020. The van der Waals surface area contributed by atoms with Crippen LogP contribution in [0, 0.1) is 0 Å². The zero-order chi connectivity index (χ0) is 20.4. The Labute approximate surface area is 170 Å². The summed E-state index contributed by atoms with van der Waals surface area (Å²) in [7, 11) is -3.57. The second kappa shape index (κ2) is 8.10. The Morgan fingerprint density at radius 1 is 1.21 bits per heavy atom. The van der Waals surface area contributed by atoms with Crippen LogP contribution in [0.3, 0.4) is 0 Å². The molecule has 0 bridgehead atoms. The lowest BCUT2D eigenvalue weighted by Gasteiger charge is -2.26. The van der Waals surface area contributed by atoms with Crippen LogP contribution in [0.15, 0.2) is 41.4 Å². The molecule has 0 spiro atoms. The Morgan fingerprint density at radius 3 is 2.76 bits per heavy atom. The summed E-state index contributed by atoms with van der Waals surface area (Å²) < 4.78 is 38.0. The summed E-state index contributed by atoms with van der Waals surface area (Å²) in [6, 6.07) is 8.35. The van der Waals surface area contributed by atoms with E-state index in [2.05, 4.69) is 4.98 Å². The smallest absolute Gasteiger partial charge is 0.263 e. The number of benzene rings is 1. The third-order valence-corrected chi connectivity index (χ3v) is 6.98. The third-order valence-electron chi connectivity index (χ3n) is 5.08. The first-order chi connectivity index (χ1) is 14.0. The van der Waals surface area contributed by atoms with Gasteiger partial charge in [-0.2, -0.15) is 4.31 Å². The summed E-state index contributed by atoms with van der Waals surface area (Å²) in [6.45, 7) is 4.24. The number of anilines is 1. The van der Waals surface area contributed by atoms with Gasteiger partial charge < -0.3 is 14.4 Å². The highest BCUT2D eigenvalue weighted by Crippen LogP contribution is 2.33.